The second-order valence-electron chi connectivity index (χ2n) is 11.3. The Hall–Kier alpha value is -2.65. The summed E-state index contributed by atoms with van der Waals surface area (Å²) in [6.07, 6.45) is 2.14. The summed E-state index contributed by atoms with van der Waals surface area (Å²) < 4.78 is 0. The molecule has 2 aliphatic rings. The third-order valence-corrected chi connectivity index (χ3v) is 11.6. The number of aliphatic hydroxyl groups is 1. The summed E-state index contributed by atoms with van der Waals surface area (Å²) in [4.78, 5) is 28.3. The first-order chi connectivity index (χ1) is 15.9. The van der Waals surface area contributed by atoms with Gasteiger partial charge in [-0.3, -0.25) is 9.89 Å². The highest BCUT2D eigenvalue weighted by atomic mass is 28.3. The Morgan fingerprint density at radius 3 is 2.38 bits per heavy atom. The van der Waals surface area contributed by atoms with E-state index in [0.717, 1.165) is 36.1 Å². The van der Waals surface area contributed by atoms with Gasteiger partial charge in [-0.15, -0.1) is 0 Å². The maximum Gasteiger partial charge on any atom is 0.318 e. The summed E-state index contributed by atoms with van der Waals surface area (Å²) in [6, 6.07) is 8.55. The number of H-pyrrole nitrogens is 1. The van der Waals surface area contributed by atoms with Crippen molar-refractivity contribution in [3.8, 4) is 0 Å². The van der Waals surface area contributed by atoms with Crippen LogP contribution in [-0.2, 0) is 16.9 Å². The average molecular weight is 484 g/mol. The monoisotopic (exact) mass is 483 g/mol. The number of nitrogens with zero attached hydrogens (tertiary/aromatic N) is 2. The van der Waals surface area contributed by atoms with Crippen LogP contribution in [0.1, 0.15) is 63.0 Å². The normalized spacial score (nSPS) is 20.1. The van der Waals surface area contributed by atoms with E-state index in [4.69, 9.17) is 0 Å². The molecular formula is C25H37N5O3Si. The first-order valence-electron chi connectivity index (χ1n) is 12.1. The highest BCUT2D eigenvalue weighted by molar-refractivity contribution is 6.83. The van der Waals surface area contributed by atoms with Crippen LogP contribution in [0.5, 0.6) is 0 Å². The van der Waals surface area contributed by atoms with Crippen molar-refractivity contribution >= 4 is 25.8 Å². The van der Waals surface area contributed by atoms with Crippen molar-refractivity contribution in [3.63, 3.8) is 0 Å². The second kappa shape index (κ2) is 8.53. The van der Waals surface area contributed by atoms with E-state index in [-0.39, 0.29) is 17.0 Å². The second-order valence-corrected chi connectivity index (χ2v) is 16.8. The number of carbonyl (C=O) groups is 2. The van der Waals surface area contributed by atoms with Crippen LogP contribution in [0.4, 0.5) is 10.6 Å². The van der Waals surface area contributed by atoms with Crippen LogP contribution in [0.2, 0.25) is 24.7 Å². The molecule has 0 spiro atoms. The zero-order chi connectivity index (χ0) is 24.9. The first kappa shape index (κ1) is 24.5. The maximum absolute atomic E-state index is 13.3. The number of amides is 3. The molecular weight excluding hydrogens is 446 g/mol. The molecule has 4 N–H and O–H groups in total. The van der Waals surface area contributed by atoms with Gasteiger partial charge in [-0.25, -0.2) is 4.79 Å². The fraction of sp³-hybridized carbons (Fsp3) is 0.560. The molecule has 1 aromatic heterocycles. The van der Waals surface area contributed by atoms with E-state index in [2.05, 4.69) is 40.5 Å². The molecule has 1 aromatic carbocycles. The molecule has 1 saturated carbocycles. The Labute approximate surface area is 202 Å². The van der Waals surface area contributed by atoms with Gasteiger partial charge in [0.1, 0.15) is 0 Å². The molecule has 184 valence electrons. The minimum atomic E-state index is -1.71. The van der Waals surface area contributed by atoms with Crippen molar-refractivity contribution in [1.29, 1.82) is 0 Å². The molecule has 0 saturated heterocycles. The van der Waals surface area contributed by atoms with Gasteiger partial charge in [-0.05, 0) is 39.2 Å². The van der Waals surface area contributed by atoms with Gasteiger partial charge < -0.3 is 20.6 Å². The quantitative estimate of drug-likeness (QED) is 0.454. The number of nitrogens with one attached hydrogen (secondary N) is 3. The van der Waals surface area contributed by atoms with Gasteiger partial charge in [0, 0.05) is 10.6 Å². The van der Waals surface area contributed by atoms with Crippen molar-refractivity contribution in [1.82, 2.24) is 20.4 Å². The SMILES string of the molecule is C[C@H](NC(=O)N1Cc2c(NC(=O)C3([Si](C)(C)C)CCC3)n[nH]c2C1(C)C)C(O)c1ccccc1. The number of aromatic amines is 1. The number of hydrogen-bond acceptors (Lipinski definition) is 4. The Bertz CT molecular complexity index is 1070. The number of carbonyl (C=O) groups excluding carboxylic acids is 2. The molecule has 4 rings (SSSR count). The molecule has 1 aliphatic carbocycles. The molecule has 1 unspecified atom stereocenters. The van der Waals surface area contributed by atoms with E-state index in [9.17, 15) is 14.7 Å². The van der Waals surface area contributed by atoms with Crippen molar-refractivity contribution in [2.75, 3.05) is 5.32 Å². The Kier molecular flexibility index (Phi) is 6.14. The number of fused-ring (bicyclic) bond motifs is 1. The Morgan fingerprint density at radius 1 is 1.18 bits per heavy atom. The molecule has 34 heavy (non-hydrogen) atoms. The van der Waals surface area contributed by atoms with Gasteiger partial charge in [-0.2, -0.15) is 5.10 Å². The lowest BCUT2D eigenvalue weighted by atomic mass is 9.83. The molecule has 1 fully saturated rings. The number of urea groups is 1. The zero-order valence-electron chi connectivity index (χ0n) is 21.0. The predicted molar refractivity (Wildman–Crippen MR) is 135 cm³/mol. The largest absolute Gasteiger partial charge is 0.386 e. The number of rotatable bonds is 6. The third-order valence-electron chi connectivity index (χ3n) is 7.99. The van der Waals surface area contributed by atoms with Gasteiger partial charge in [-0.1, -0.05) is 56.4 Å². The molecule has 2 heterocycles. The molecule has 0 radical (unpaired) electrons. The summed E-state index contributed by atoms with van der Waals surface area (Å²) in [5, 5.41) is 23.9. The lowest BCUT2D eigenvalue weighted by Gasteiger charge is -2.48. The molecule has 2 aromatic rings. The zero-order valence-corrected chi connectivity index (χ0v) is 22.0. The Morgan fingerprint density at radius 2 is 1.82 bits per heavy atom. The number of anilines is 1. The molecule has 8 nitrogen and oxygen atoms in total. The smallest absolute Gasteiger partial charge is 0.318 e. The van der Waals surface area contributed by atoms with Gasteiger partial charge in [0.25, 0.3) is 0 Å². The lowest BCUT2D eigenvalue weighted by Crippen LogP contribution is -2.52. The first-order valence-corrected chi connectivity index (χ1v) is 15.6. The predicted octanol–water partition coefficient (Wildman–Crippen LogP) is 4.49. The van der Waals surface area contributed by atoms with Crippen molar-refractivity contribution in [2.24, 2.45) is 0 Å². The van der Waals surface area contributed by atoms with Crippen LogP contribution in [0, 0.1) is 0 Å². The van der Waals surface area contributed by atoms with E-state index >= 15 is 0 Å². The van der Waals surface area contributed by atoms with Crippen molar-refractivity contribution in [2.45, 2.75) is 88.9 Å². The number of aliphatic hydroxyl groups excluding tert-OH is 1. The average Bonchev–Trinajstić information content (AvgIpc) is 3.24. The number of hydrogen-bond donors (Lipinski definition) is 4. The topological polar surface area (TPSA) is 110 Å². The molecule has 2 atom stereocenters. The minimum absolute atomic E-state index is 0.0625. The van der Waals surface area contributed by atoms with Gasteiger partial charge in [0.15, 0.2) is 5.82 Å². The summed E-state index contributed by atoms with van der Waals surface area (Å²) in [5.41, 5.74) is 1.78. The van der Waals surface area contributed by atoms with E-state index in [1.807, 2.05) is 44.2 Å². The molecule has 0 bridgehead atoms. The van der Waals surface area contributed by atoms with Gasteiger partial charge in [0.05, 0.1) is 38.0 Å². The molecule has 1 aliphatic heterocycles. The lowest BCUT2D eigenvalue weighted by molar-refractivity contribution is -0.121. The standard InChI is InChI=1S/C25H37N5O3Si/c1-16(19(31)17-11-8-7-9-12-17)26-23(33)30-15-18-20(24(30,2)3)28-29-21(18)27-22(32)25(13-10-14-25)34(4,5)6/h7-9,11-12,16,19,31H,10,13-15H2,1-6H3,(H,26,33)(H2,27,28,29,32)/t16-,19?/m0/s1. The summed E-state index contributed by atoms with van der Waals surface area (Å²) in [7, 11) is -1.71. The fourth-order valence-electron chi connectivity index (χ4n) is 5.31. The Balaban J connectivity index is 1.48. The minimum Gasteiger partial charge on any atom is -0.386 e. The summed E-state index contributed by atoms with van der Waals surface area (Å²) in [6.45, 7) is 12.8. The maximum atomic E-state index is 13.3. The summed E-state index contributed by atoms with van der Waals surface area (Å²) in [5.74, 6) is 0.581. The van der Waals surface area contributed by atoms with Crippen molar-refractivity contribution in [3.05, 3.63) is 47.2 Å². The van der Waals surface area contributed by atoms with Crippen LogP contribution in [0.25, 0.3) is 0 Å². The van der Waals surface area contributed by atoms with E-state index in [0.29, 0.717) is 12.4 Å². The molecule has 3 amide bonds. The van der Waals surface area contributed by atoms with Crippen molar-refractivity contribution < 1.29 is 14.7 Å². The fourth-order valence-corrected chi connectivity index (χ4v) is 7.91. The van der Waals surface area contributed by atoms with Gasteiger partial charge >= 0.3 is 6.03 Å². The number of benzene rings is 1. The van der Waals surface area contributed by atoms with E-state index < -0.39 is 25.8 Å². The van der Waals surface area contributed by atoms with Crippen LogP contribution in [0.3, 0.4) is 0 Å². The number of aromatic nitrogens is 2. The molecule has 9 heteroatoms. The summed E-state index contributed by atoms with van der Waals surface area (Å²) >= 11 is 0. The third kappa shape index (κ3) is 3.94. The highest BCUT2D eigenvalue weighted by Gasteiger charge is 2.54. The van der Waals surface area contributed by atoms with Gasteiger partial charge in [0.2, 0.25) is 5.91 Å². The van der Waals surface area contributed by atoms with Crippen LogP contribution < -0.4 is 10.6 Å². The van der Waals surface area contributed by atoms with E-state index in [1.54, 1.807) is 11.8 Å². The van der Waals surface area contributed by atoms with Crippen LogP contribution >= 0.6 is 0 Å². The highest BCUT2D eigenvalue weighted by Crippen LogP contribution is 2.56. The van der Waals surface area contributed by atoms with E-state index in [1.165, 1.54) is 0 Å². The van der Waals surface area contributed by atoms with Crippen LogP contribution in [0.15, 0.2) is 30.3 Å². The van der Waals surface area contributed by atoms with Crippen LogP contribution in [-0.4, -0.2) is 46.3 Å².